The zero-order valence-corrected chi connectivity index (χ0v) is 46.7. The van der Waals surface area contributed by atoms with Crippen molar-refractivity contribution in [3.8, 4) is 16.8 Å². The number of benzene rings is 8. The van der Waals surface area contributed by atoms with Crippen molar-refractivity contribution < 1.29 is 0 Å². The molecule has 0 bridgehead atoms. The average molecular weight is 1070 g/mol. The zero-order chi connectivity index (χ0) is 54.6. The van der Waals surface area contributed by atoms with E-state index in [1.165, 1.54) is 130 Å². The standard InChI is InChI=1S/C79H64N4/c1-4-21-55(22-5-1)80(60-47-49-75-67(51-60)64-29-13-18-36-73(64)82(75)56-23-6-2-7-24-56)58-43-39-53(40-44-58)54-41-45-59(46-42-54)81(61-48-50-76-68(52-61)65-30-14-19-37-74(65)83(76)57-25-8-3-9-26-57)77-38-20-35-72-78(77)66-31-12-17-34-71(66)79(72)69-32-15-10-27-62(69)63-28-11-16-33-70(63)79/h1-4,6-10,12-21,23-27,29-39,41,43,45-48,50-52,54,63,70,75H,5,11,22,28,40,42,44,49H2. The van der Waals surface area contributed by atoms with Crippen LogP contribution in [-0.2, 0) is 5.41 Å². The Balaban J connectivity index is 0.760. The summed E-state index contributed by atoms with van der Waals surface area (Å²) in [6.07, 6.45) is 37.7. The van der Waals surface area contributed by atoms with Crippen LogP contribution in [0.2, 0.25) is 0 Å². The van der Waals surface area contributed by atoms with Crippen molar-refractivity contribution in [2.75, 3.05) is 9.80 Å². The minimum atomic E-state index is -0.279. The number of nitrogens with zero attached hydrogens (tertiary/aromatic N) is 4. The van der Waals surface area contributed by atoms with Crippen LogP contribution in [0.1, 0.15) is 85.1 Å². The molecule has 1 aliphatic heterocycles. The van der Waals surface area contributed by atoms with Gasteiger partial charge in [-0.3, -0.25) is 0 Å². The molecule has 5 atom stereocenters. The highest BCUT2D eigenvalue weighted by Crippen LogP contribution is 2.67. The second kappa shape index (κ2) is 19.4. The molecule has 400 valence electrons. The van der Waals surface area contributed by atoms with Gasteiger partial charge in [-0.05, 0) is 176 Å². The number of allylic oxidation sites excluding steroid dienone is 14. The molecule has 0 radical (unpaired) electrons. The van der Waals surface area contributed by atoms with Gasteiger partial charge < -0.3 is 19.3 Å². The van der Waals surface area contributed by atoms with E-state index in [0.717, 1.165) is 44.9 Å². The molecule has 2 heterocycles. The second-order valence-corrected chi connectivity index (χ2v) is 23.9. The van der Waals surface area contributed by atoms with E-state index in [1.54, 1.807) is 0 Å². The number of rotatable bonds is 9. The topological polar surface area (TPSA) is 14.7 Å². The maximum atomic E-state index is 2.62. The van der Waals surface area contributed by atoms with Gasteiger partial charge in [0.2, 0.25) is 0 Å². The van der Waals surface area contributed by atoms with Gasteiger partial charge in [0.1, 0.15) is 0 Å². The molecular weight excluding hydrogens is 1000 g/mol. The van der Waals surface area contributed by atoms with Crippen molar-refractivity contribution in [1.82, 2.24) is 9.47 Å². The molecule has 0 fully saturated rings. The first-order valence-corrected chi connectivity index (χ1v) is 30.4. The largest absolute Gasteiger partial charge is 0.333 e. The molecule has 0 saturated heterocycles. The van der Waals surface area contributed by atoms with Gasteiger partial charge in [-0.2, -0.15) is 0 Å². The Hall–Kier alpha value is -9.38. The quantitative estimate of drug-likeness (QED) is 0.134. The van der Waals surface area contributed by atoms with Crippen molar-refractivity contribution in [3.05, 3.63) is 323 Å². The summed E-state index contributed by atoms with van der Waals surface area (Å²) in [7, 11) is 0. The molecule has 5 unspecified atom stereocenters. The van der Waals surface area contributed by atoms with Crippen LogP contribution in [0, 0.1) is 11.8 Å². The molecule has 0 N–H and O–H groups in total. The Morgan fingerprint density at radius 1 is 0.518 bits per heavy atom. The van der Waals surface area contributed by atoms with E-state index in [2.05, 4.69) is 286 Å². The summed E-state index contributed by atoms with van der Waals surface area (Å²) in [6.45, 7) is 0. The maximum absolute atomic E-state index is 2.62. The second-order valence-electron chi connectivity index (χ2n) is 23.9. The van der Waals surface area contributed by atoms with Gasteiger partial charge in [0.15, 0.2) is 0 Å². The van der Waals surface area contributed by atoms with E-state index in [4.69, 9.17) is 0 Å². The number of fused-ring (bicyclic) bond motifs is 16. The summed E-state index contributed by atoms with van der Waals surface area (Å²) in [5.41, 5.74) is 26.4. The fourth-order valence-corrected chi connectivity index (χ4v) is 16.4. The van der Waals surface area contributed by atoms with Gasteiger partial charge in [-0.15, -0.1) is 0 Å². The molecule has 17 rings (SSSR count). The van der Waals surface area contributed by atoms with E-state index >= 15 is 0 Å². The third kappa shape index (κ3) is 7.37. The first kappa shape index (κ1) is 48.3. The Morgan fingerprint density at radius 3 is 2.10 bits per heavy atom. The number of hydrogen-bond donors (Lipinski definition) is 0. The summed E-state index contributed by atoms with van der Waals surface area (Å²) in [4.78, 5) is 7.78. The van der Waals surface area contributed by atoms with Crippen LogP contribution in [0.25, 0.3) is 44.2 Å². The third-order valence-electron chi connectivity index (χ3n) is 19.8. The lowest BCUT2D eigenvalue weighted by Crippen LogP contribution is -2.33. The van der Waals surface area contributed by atoms with E-state index < -0.39 is 0 Å². The molecule has 0 saturated carbocycles. The van der Waals surface area contributed by atoms with Gasteiger partial charge in [0, 0.05) is 79.3 Å². The van der Waals surface area contributed by atoms with E-state index in [1.807, 2.05) is 0 Å². The van der Waals surface area contributed by atoms with E-state index in [9.17, 15) is 0 Å². The molecule has 7 aliphatic carbocycles. The lowest BCUT2D eigenvalue weighted by atomic mass is 9.65. The van der Waals surface area contributed by atoms with E-state index in [0.29, 0.717) is 17.8 Å². The van der Waals surface area contributed by atoms with Crippen molar-refractivity contribution in [1.29, 1.82) is 0 Å². The summed E-state index contributed by atoms with van der Waals surface area (Å²) in [5, 5.41) is 2.51. The van der Waals surface area contributed by atoms with Crippen LogP contribution >= 0.6 is 0 Å². The fraction of sp³-hybridized carbons (Fsp3) is 0.165. The Bertz CT molecular complexity index is 4440. The first-order chi connectivity index (χ1) is 41.2. The summed E-state index contributed by atoms with van der Waals surface area (Å²) in [6, 6.07) is 73.3. The van der Waals surface area contributed by atoms with Crippen LogP contribution in [0.4, 0.5) is 22.7 Å². The first-order valence-electron chi connectivity index (χ1n) is 30.4. The van der Waals surface area contributed by atoms with Crippen LogP contribution < -0.4 is 9.80 Å². The monoisotopic (exact) mass is 1070 g/mol. The van der Waals surface area contributed by atoms with Gasteiger partial charge >= 0.3 is 0 Å². The number of aromatic nitrogens is 1. The molecule has 8 aliphatic rings. The molecule has 4 nitrogen and oxygen atoms in total. The maximum Gasteiger partial charge on any atom is 0.0634 e. The predicted molar refractivity (Wildman–Crippen MR) is 344 cm³/mol. The van der Waals surface area contributed by atoms with Gasteiger partial charge in [-0.1, -0.05) is 188 Å². The highest BCUT2D eigenvalue weighted by atomic mass is 15.2. The van der Waals surface area contributed by atoms with Crippen molar-refractivity contribution in [2.45, 2.75) is 68.7 Å². The van der Waals surface area contributed by atoms with Crippen molar-refractivity contribution >= 4 is 50.1 Å². The lowest BCUT2D eigenvalue weighted by Gasteiger charge is -2.37. The SMILES string of the molecule is C1=CCCC(N(C2=CCC3C(=C2)c2ccccc2N3c2ccccc2)C2=CC=C(C3C=CC(N(c4ccc5c(c4)c4ccccc4n5-c4ccccc4)c4cccc5c4-c4ccccc4C54c5ccccc5C5CCC=CC54)=CC3)CC2)=C1. The molecular formula is C79H64N4. The van der Waals surface area contributed by atoms with Gasteiger partial charge in [-0.25, -0.2) is 0 Å². The van der Waals surface area contributed by atoms with Crippen molar-refractivity contribution in [2.24, 2.45) is 11.8 Å². The Labute approximate surface area is 487 Å². The fourth-order valence-electron chi connectivity index (χ4n) is 16.4. The van der Waals surface area contributed by atoms with Crippen LogP contribution in [0.15, 0.2) is 295 Å². The average Bonchev–Trinajstić information content (AvgIpc) is 1.65. The van der Waals surface area contributed by atoms with Crippen LogP contribution in [0.5, 0.6) is 0 Å². The molecule has 1 aromatic heterocycles. The number of para-hydroxylation sites is 4. The van der Waals surface area contributed by atoms with Crippen molar-refractivity contribution in [3.63, 3.8) is 0 Å². The van der Waals surface area contributed by atoms with Crippen LogP contribution in [0.3, 0.4) is 0 Å². The molecule has 1 spiro atoms. The number of hydrogen-bond acceptors (Lipinski definition) is 3. The predicted octanol–water partition coefficient (Wildman–Crippen LogP) is 19.8. The molecule has 9 aromatic rings. The van der Waals surface area contributed by atoms with Gasteiger partial charge in [0.25, 0.3) is 0 Å². The summed E-state index contributed by atoms with van der Waals surface area (Å²) in [5.74, 6) is 1.13. The molecule has 4 heteroatoms. The van der Waals surface area contributed by atoms with Crippen LogP contribution in [-0.4, -0.2) is 15.5 Å². The summed E-state index contributed by atoms with van der Waals surface area (Å²) >= 11 is 0. The highest BCUT2D eigenvalue weighted by molar-refractivity contribution is 6.11. The van der Waals surface area contributed by atoms with Gasteiger partial charge in [0.05, 0.1) is 28.2 Å². The smallest absolute Gasteiger partial charge is 0.0634 e. The minimum absolute atomic E-state index is 0.269. The van der Waals surface area contributed by atoms with E-state index in [-0.39, 0.29) is 11.5 Å². The summed E-state index contributed by atoms with van der Waals surface area (Å²) < 4.78 is 2.43. The third-order valence-corrected chi connectivity index (χ3v) is 19.8. The minimum Gasteiger partial charge on any atom is -0.333 e. The molecule has 8 aromatic carbocycles. The normalized spacial score (nSPS) is 22.4. The molecule has 83 heavy (non-hydrogen) atoms. The molecule has 0 amide bonds. The number of anilines is 4. The highest BCUT2D eigenvalue weighted by Gasteiger charge is 2.58. The Morgan fingerprint density at radius 2 is 1.27 bits per heavy atom. The lowest BCUT2D eigenvalue weighted by molar-refractivity contribution is 0.399. The Kier molecular flexibility index (Phi) is 11.3. The zero-order valence-electron chi connectivity index (χ0n) is 46.7.